The monoisotopic (exact) mass is 287 g/mol. The van der Waals surface area contributed by atoms with Gasteiger partial charge in [-0.05, 0) is 19.1 Å². The molecule has 102 valence electrons. The van der Waals surface area contributed by atoms with Crippen LogP contribution in [0.3, 0.4) is 0 Å². The normalized spacial score (nSPS) is 11.6. The van der Waals surface area contributed by atoms with Crippen LogP contribution in [0.2, 0.25) is 0 Å². The molecule has 2 heterocycles. The van der Waals surface area contributed by atoms with E-state index in [2.05, 4.69) is 15.3 Å². The maximum absolute atomic E-state index is 12.5. The standard InChI is InChI=1S/C12H12F3N3S/c1-8-7-19-11(18-8)3-5-17-10-6-9(2-4-16-10)12(13,14)15/h2,4,6-7H,3,5H2,1H3,(H,16,17). The van der Waals surface area contributed by atoms with Crippen molar-refractivity contribution in [2.24, 2.45) is 0 Å². The molecule has 2 aromatic heterocycles. The Morgan fingerprint density at radius 2 is 2.16 bits per heavy atom. The van der Waals surface area contributed by atoms with E-state index in [4.69, 9.17) is 0 Å². The first-order chi connectivity index (χ1) is 8.95. The summed E-state index contributed by atoms with van der Waals surface area (Å²) < 4.78 is 37.5. The fourth-order valence-corrected chi connectivity index (χ4v) is 2.29. The van der Waals surface area contributed by atoms with Crippen molar-refractivity contribution >= 4 is 17.2 Å². The van der Waals surface area contributed by atoms with Gasteiger partial charge in [0.1, 0.15) is 5.82 Å². The van der Waals surface area contributed by atoms with Crippen LogP contribution < -0.4 is 5.32 Å². The van der Waals surface area contributed by atoms with Crippen molar-refractivity contribution in [3.8, 4) is 0 Å². The van der Waals surface area contributed by atoms with Crippen LogP contribution in [-0.4, -0.2) is 16.5 Å². The first kappa shape index (κ1) is 13.8. The molecule has 0 radical (unpaired) electrons. The van der Waals surface area contributed by atoms with E-state index in [-0.39, 0.29) is 5.82 Å². The van der Waals surface area contributed by atoms with Gasteiger partial charge in [0.05, 0.1) is 10.6 Å². The maximum Gasteiger partial charge on any atom is 0.416 e. The smallest absolute Gasteiger partial charge is 0.370 e. The minimum atomic E-state index is -4.34. The Bertz CT molecular complexity index is 551. The highest BCUT2D eigenvalue weighted by atomic mass is 32.1. The predicted octanol–water partition coefficient (Wildman–Crippen LogP) is 3.52. The second-order valence-corrected chi connectivity index (χ2v) is 4.93. The number of hydrogen-bond acceptors (Lipinski definition) is 4. The first-order valence-corrected chi connectivity index (χ1v) is 6.51. The number of alkyl halides is 3. The minimum Gasteiger partial charge on any atom is -0.370 e. The lowest BCUT2D eigenvalue weighted by Crippen LogP contribution is -2.09. The van der Waals surface area contributed by atoms with Crippen LogP contribution in [0.1, 0.15) is 16.3 Å². The summed E-state index contributed by atoms with van der Waals surface area (Å²) in [5.41, 5.74) is 0.257. The average Bonchev–Trinajstić information content (AvgIpc) is 2.74. The van der Waals surface area contributed by atoms with Gasteiger partial charge in [-0.2, -0.15) is 13.2 Å². The van der Waals surface area contributed by atoms with E-state index in [9.17, 15) is 13.2 Å². The molecule has 2 aromatic rings. The van der Waals surface area contributed by atoms with Crippen LogP contribution >= 0.6 is 11.3 Å². The van der Waals surface area contributed by atoms with Gasteiger partial charge >= 0.3 is 6.18 Å². The maximum atomic E-state index is 12.5. The third kappa shape index (κ3) is 3.92. The first-order valence-electron chi connectivity index (χ1n) is 5.63. The van der Waals surface area contributed by atoms with E-state index in [1.807, 2.05) is 12.3 Å². The van der Waals surface area contributed by atoms with Crippen LogP contribution in [0.4, 0.5) is 19.0 Å². The van der Waals surface area contributed by atoms with Crippen molar-refractivity contribution in [1.82, 2.24) is 9.97 Å². The highest BCUT2D eigenvalue weighted by molar-refractivity contribution is 7.09. The summed E-state index contributed by atoms with van der Waals surface area (Å²) in [6, 6.07) is 1.96. The molecule has 0 saturated carbocycles. The van der Waals surface area contributed by atoms with E-state index in [1.54, 1.807) is 11.3 Å². The van der Waals surface area contributed by atoms with Crippen molar-refractivity contribution in [2.75, 3.05) is 11.9 Å². The lowest BCUT2D eigenvalue weighted by Gasteiger charge is -2.09. The number of nitrogens with one attached hydrogen (secondary N) is 1. The predicted molar refractivity (Wildman–Crippen MR) is 68.3 cm³/mol. The molecule has 2 rings (SSSR count). The Labute approximate surface area is 112 Å². The number of hydrogen-bond donors (Lipinski definition) is 1. The average molecular weight is 287 g/mol. The number of halogens is 3. The van der Waals surface area contributed by atoms with E-state index in [0.29, 0.717) is 13.0 Å². The van der Waals surface area contributed by atoms with Gasteiger partial charge in [0.25, 0.3) is 0 Å². The largest absolute Gasteiger partial charge is 0.416 e. The molecule has 0 saturated heterocycles. The summed E-state index contributed by atoms with van der Waals surface area (Å²) in [4.78, 5) is 8.14. The molecular formula is C12H12F3N3S. The van der Waals surface area contributed by atoms with Gasteiger partial charge in [0.2, 0.25) is 0 Å². The van der Waals surface area contributed by atoms with Crippen molar-refractivity contribution in [2.45, 2.75) is 19.5 Å². The molecule has 0 spiro atoms. The number of pyridine rings is 1. The zero-order chi connectivity index (χ0) is 13.9. The van der Waals surface area contributed by atoms with Crippen molar-refractivity contribution in [3.05, 3.63) is 40.0 Å². The van der Waals surface area contributed by atoms with Crippen LogP contribution in [0.25, 0.3) is 0 Å². The molecule has 0 aromatic carbocycles. The number of anilines is 1. The van der Waals surface area contributed by atoms with Gasteiger partial charge in [0, 0.05) is 30.2 Å². The van der Waals surface area contributed by atoms with Gasteiger partial charge in [-0.25, -0.2) is 9.97 Å². The topological polar surface area (TPSA) is 37.8 Å². The Hall–Kier alpha value is -1.63. The number of aryl methyl sites for hydroxylation is 1. The molecule has 7 heteroatoms. The number of aromatic nitrogens is 2. The molecule has 0 unspecified atom stereocenters. The quantitative estimate of drug-likeness (QED) is 0.935. The molecule has 0 aliphatic heterocycles. The van der Waals surface area contributed by atoms with Gasteiger partial charge in [-0.1, -0.05) is 0 Å². The van der Waals surface area contributed by atoms with Crippen LogP contribution in [0.15, 0.2) is 23.7 Å². The Morgan fingerprint density at radius 1 is 1.37 bits per heavy atom. The summed E-state index contributed by atoms with van der Waals surface area (Å²) in [6.07, 6.45) is -2.53. The number of nitrogens with zero attached hydrogens (tertiary/aromatic N) is 2. The van der Waals surface area contributed by atoms with Gasteiger partial charge in [0.15, 0.2) is 0 Å². The van der Waals surface area contributed by atoms with Gasteiger partial charge < -0.3 is 5.32 Å². The Kier molecular flexibility index (Phi) is 4.04. The minimum absolute atomic E-state index is 0.225. The Balaban J connectivity index is 1.93. The van der Waals surface area contributed by atoms with Gasteiger partial charge in [-0.15, -0.1) is 11.3 Å². The van der Waals surface area contributed by atoms with E-state index < -0.39 is 11.7 Å². The van der Waals surface area contributed by atoms with Crippen molar-refractivity contribution in [3.63, 3.8) is 0 Å². The van der Waals surface area contributed by atoms with E-state index >= 15 is 0 Å². The molecule has 19 heavy (non-hydrogen) atoms. The molecule has 1 N–H and O–H groups in total. The molecule has 0 aliphatic rings. The second-order valence-electron chi connectivity index (χ2n) is 3.99. The van der Waals surface area contributed by atoms with E-state index in [0.717, 1.165) is 29.0 Å². The van der Waals surface area contributed by atoms with Gasteiger partial charge in [-0.3, -0.25) is 0 Å². The molecular weight excluding hydrogens is 275 g/mol. The molecule has 3 nitrogen and oxygen atoms in total. The highest BCUT2D eigenvalue weighted by Crippen LogP contribution is 2.29. The third-order valence-electron chi connectivity index (χ3n) is 2.40. The molecule has 0 fully saturated rings. The molecule has 0 atom stereocenters. The lowest BCUT2D eigenvalue weighted by atomic mass is 10.2. The highest BCUT2D eigenvalue weighted by Gasteiger charge is 2.30. The molecule has 0 aliphatic carbocycles. The molecule has 0 bridgehead atoms. The molecule has 0 amide bonds. The second kappa shape index (κ2) is 5.56. The third-order valence-corrected chi connectivity index (χ3v) is 3.43. The van der Waals surface area contributed by atoms with E-state index in [1.165, 1.54) is 0 Å². The SMILES string of the molecule is Cc1csc(CCNc2cc(C(F)(F)F)ccn2)n1. The van der Waals surface area contributed by atoms with Crippen LogP contribution in [0.5, 0.6) is 0 Å². The number of rotatable bonds is 4. The number of thiazole rings is 1. The zero-order valence-electron chi connectivity index (χ0n) is 10.2. The zero-order valence-corrected chi connectivity index (χ0v) is 11.0. The summed E-state index contributed by atoms with van der Waals surface area (Å²) in [6.45, 7) is 2.41. The summed E-state index contributed by atoms with van der Waals surface area (Å²) in [5.74, 6) is 0.225. The van der Waals surface area contributed by atoms with Crippen molar-refractivity contribution < 1.29 is 13.2 Å². The van der Waals surface area contributed by atoms with Crippen molar-refractivity contribution in [1.29, 1.82) is 0 Å². The summed E-state index contributed by atoms with van der Waals surface area (Å²) >= 11 is 1.54. The van der Waals surface area contributed by atoms with Crippen LogP contribution in [0, 0.1) is 6.92 Å². The summed E-state index contributed by atoms with van der Waals surface area (Å²) in [7, 11) is 0. The Morgan fingerprint density at radius 3 is 2.79 bits per heavy atom. The summed E-state index contributed by atoms with van der Waals surface area (Å²) in [5, 5.41) is 5.77. The lowest BCUT2D eigenvalue weighted by molar-refractivity contribution is -0.137. The fourth-order valence-electron chi connectivity index (χ4n) is 1.52. The van der Waals surface area contributed by atoms with Crippen LogP contribution in [-0.2, 0) is 12.6 Å². The fraction of sp³-hybridized carbons (Fsp3) is 0.333.